The number of phenols is 2. The number of aliphatic hydroxyl groups excluding tert-OH is 10. The third-order valence-electron chi connectivity index (χ3n) is 9.28. The van der Waals surface area contributed by atoms with E-state index in [4.69, 9.17) is 33.2 Å². The van der Waals surface area contributed by atoms with E-state index in [1.807, 2.05) is 0 Å². The van der Waals surface area contributed by atoms with E-state index in [0.717, 1.165) is 18.2 Å². The highest BCUT2D eigenvalue weighted by Gasteiger charge is 2.58. The molecule has 0 radical (unpaired) electrons. The van der Waals surface area contributed by atoms with Gasteiger partial charge in [-0.15, -0.1) is 0 Å². The summed E-state index contributed by atoms with van der Waals surface area (Å²) >= 11 is 0. The molecule has 3 heterocycles. The van der Waals surface area contributed by atoms with Crippen LogP contribution in [0, 0.1) is 0 Å². The van der Waals surface area contributed by atoms with Gasteiger partial charge in [0.25, 0.3) is 0 Å². The van der Waals surface area contributed by atoms with Crippen LogP contribution in [0.1, 0.15) is 11.1 Å². The highest BCUT2D eigenvalue weighted by molar-refractivity contribution is 5.87. The molecular weight excluding hydrogens is 768 g/mol. The van der Waals surface area contributed by atoms with Gasteiger partial charge in [-0.2, -0.15) is 0 Å². The number of ether oxygens (including phenoxy) is 7. The second-order valence-electron chi connectivity index (χ2n) is 13.3. The zero-order chi connectivity index (χ0) is 41.6. The van der Waals surface area contributed by atoms with E-state index in [9.17, 15) is 70.9 Å². The lowest BCUT2D eigenvalue weighted by atomic mass is 9.99. The van der Waals surface area contributed by atoms with Gasteiger partial charge < -0.3 is 94.4 Å². The SMILES string of the molecule is O=C(/C=C/c1ccc(O)cc1)OC[C@H]1O[C@@H](Oc2ccc(/C=C/C(=O)OC[C@H]3O[C@H](O[C@]4(CO)O[C@H](CO)[C@@H](O)[C@@H]4O)[C@H](O)[C@@H](O)[C@@H]3O)cc2O)[C@H](O)[C@@H](O)[C@@H]1O. The summed E-state index contributed by atoms with van der Waals surface area (Å²) in [5, 5.41) is 122. The van der Waals surface area contributed by atoms with Gasteiger partial charge in [-0.3, -0.25) is 0 Å². The molecule has 2 aromatic carbocycles. The molecular formula is C36H44O21. The number of carbonyl (C=O) groups excluding carboxylic acids is 2. The third-order valence-corrected chi connectivity index (χ3v) is 9.28. The minimum absolute atomic E-state index is 0.0379. The molecule has 0 aromatic heterocycles. The first-order valence-electron chi connectivity index (χ1n) is 17.4. The quantitative estimate of drug-likeness (QED) is 0.0634. The van der Waals surface area contributed by atoms with Crippen molar-refractivity contribution in [2.45, 2.75) is 85.5 Å². The van der Waals surface area contributed by atoms with Gasteiger partial charge >= 0.3 is 11.9 Å². The second-order valence-corrected chi connectivity index (χ2v) is 13.3. The Morgan fingerprint density at radius 2 is 1.18 bits per heavy atom. The lowest BCUT2D eigenvalue weighted by Gasteiger charge is -2.43. The lowest BCUT2D eigenvalue weighted by molar-refractivity contribution is -0.383. The number of aliphatic hydroxyl groups is 10. The maximum Gasteiger partial charge on any atom is 0.330 e. The summed E-state index contributed by atoms with van der Waals surface area (Å²) in [5.41, 5.74) is 0.803. The molecule has 3 fully saturated rings. The zero-order valence-corrected chi connectivity index (χ0v) is 29.7. The minimum Gasteiger partial charge on any atom is -0.508 e. The largest absolute Gasteiger partial charge is 0.508 e. The first-order chi connectivity index (χ1) is 27.1. The van der Waals surface area contributed by atoms with Gasteiger partial charge in [-0.25, -0.2) is 9.59 Å². The normalized spacial score (nSPS) is 35.7. The Labute approximate surface area is 322 Å². The number of esters is 2. The fourth-order valence-electron chi connectivity index (χ4n) is 5.97. The van der Waals surface area contributed by atoms with Crippen LogP contribution in [0.3, 0.4) is 0 Å². The molecule has 57 heavy (non-hydrogen) atoms. The van der Waals surface area contributed by atoms with E-state index in [0.29, 0.717) is 5.56 Å². The van der Waals surface area contributed by atoms with Crippen LogP contribution in [0.5, 0.6) is 17.2 Å². The summed E-state index contributed by atoms with van der Waals surface area (Å²) in [7, 11) is 0. The highest BCUT2D eigenvalue weighted by atomic mass is 16.8. The van der Waals surface area contributed by atoms with Crippen LogP contribution in [-0.2, 0) is 38.0 Å². The van der Waals surface area contributed by atoms with E-state index in [-0.39, 0.29) is 17.1 Å². The molecule has 3 aliphatic heterocycles. The van der Waals surface area contributed by atoms with Crippen molar-refractivity contribution in [1.82, 2.24) is 0 Å². The number of rotatable bonds is 14. The molecule has 0 saturated carbocycles. The van der Waals surface area contributed by atoms with Crippen LogP contribution in [0.25, 0.3) is 12.2 Å². The van der Waals surface area contributed by atoms with Gasteiger partial charge in [-0.05, 0) is 47.5 Å². The van der Waals surface area contributed by atoms with E-state index >= 15 is 0 Å². The van der Waals surface area contributed by atoms with Gasteiger partial charge in [0.1, 0.15) is 92.7 Å². The third kappa shape index (κ3) is 10.2. The fourth-order valence-corrected chi connectivity index (χ4v) is 5.97. The topological polar surface area (TPSA) is 342 Å². The van der Waals surface area contributed by atoms with Crippen molar-refractivity contribution >= 4 is 24.1 Å². The number of hydrogen-bond acceptors (Lipinski definition) is 21. The molecule has 2 aromatic rings. The molecule has 3 aliphatic rings. The summed E-state index contributed by atoms with van der Waals surface area (Å²) in [4.78, 5) is 24.7. The number of aromatic hydroxyl groups is 2. The van der Waals surface area contributed by atoms with E-state index in [1.54, 1.807) is 12.1 Å². The van der Waals surface area contributed by atoms with Crippen molar-refractivity contribution in [3.63, 3.8) is 0 Å². The van der Waals surface area contributed by atoms with Crippen molar-refractivity contribution < 1.29 is 104 Å². The molecule has 14 atom stereocenters. The maximum atomic E-state index is 12.5. The van der Waals surface area contributed by atoms with Crippen molar-refractivity contribution in [2.75, 3.05) is 26.4 Å². The average Bonchev–Trinajstić information content (AvgIpc) is 3.44. The van der Waals surface area contributed by atoms with Crippen LogP contribution in [-0.4, -0.2) is 185 Å². The second kappa shape index (κ2) is 19.0. The Bertz CT molecular complexity index is 1720. The van der Waals surface area contributed by atoms with Crippen LogP contribution in [0.2, 0.25) is 0 Å². The van der Waals surface area contributed by atoms with Gasteiger partial charge in [0, 0.05) is 12.2 Å². The number of phenolic OH excluding ortho intramolecular Hbond substituents is 2. The van der Waals surface area contributed by atoms with Crippen molar-refractivity contribution in [2.24, 2.45) is 0 Å². The maximum absolute atomic E-state index is 12.5. The number of hydrogen-bond donors (Lipinski definition) is 12. The molecule has 0 bridgehead atoms. The van der Waals surface area contributed by atoms with E-state index in [2.05, 4.69) is 0 Å². The molecule has 314 valence electrons. The molecule has 0 unspecified atom stereocenters. The molecule has 21 nitrogen and oxygen atoms in total. The Hall–Kier alpha value is -4.30. The van der Waals surface area contributed by atoms with Crippen molar-refractivity contribution in [3.8, 4) is 17.2 Å². The molecule has 0 spiro atoms. The van der Waals surface area contributed by atoms with E-state index in [1.165, 1.54) is 36.4 Å². The van der Waals surface area contributed by atoms with Gasteiger partial charge in [0.2, 0.25) is 12.1 Å². The molecule has 3 saturated heterocycles. The minimum atomic E-state index is -2.41. The monoisotopic (exact) mass is 812 g/mol. The summed E-state index contributed by atoms with van der Waals surface area (Å²) in [6.07, 6.45) is -17.9. The van der Waals surface area contributed by atoms with Gasteiger partial charge in [0.15, 0.2) is 17.8 Å². The fraction of sp³-hybridized carbons (Fsp3) is 0.500. The number of carbonyl (C=O) groups is 2. The number of benzene rings is 2. The van der Waals surface area contributed by atoms with Crippen LogP contribution in [0.15, 0.2) is 54.6 Å². The van der Waals surface area contributed by atoms with Crippen LogP contribution < -0.4 is 4.74 Å². The molecule has 5 rings (SSSR count). The van der Waals surface area contributed by atoms with Gasteiger partial charge in [-0.1, -0.05) is 18.2 Å². The van der Waals surface area contributed by atoms with Crippen LogP contribution >= 0.6 is 0 Å². The molecule has 21 heteroatoms. The molecule has 12 N–H and O–H groups in total. The van der Waals surface area contributed by atoms with E-state index < -0.39 is 130 Å². The summed E-state index contributed by atoms with van der Waals surface area (Å²) in [5.74, 6) is -4.97. The smallest absolute Gasteiger partial charge is 0.330 e. The predicted molar refractivity (Wildman–Crippen MR) is 185 cm³/mol. The Morgan fingerprint density at radius 3 is 1.70 bits per heavy atom. The van der Waals surface area contributed by atoms with Crippen molar-refractivity contribution in [1.29, 1.82) is 0 Å². The Kier molecular flexibility index (Phi) is 14.6. The lowest BCUT2D eigenvalue weighted by Crippen LogP contribution is -2.62. The predicted octanol–water partition coefficient (Wildman–Crippen LogP) is -4.28. The Balaban J connectivity index is 1.13. The summed E-state index contributed by atoms with van der Waals surface area (Å²) < 4.78 is 37.4. The Morgan fingerprint density at radius 1 is 0.649 bits per heavy atom. The average molecular weight is 813 g/mol. The summed E-state index contributed by atoms with van der Waals surface area (Å²) in [6.45, 7) is -3.14. The molecule has 0 amide bonds. The summed E-state index contributed by atoms with van der Waals surface area (Å²) in [6, 6.07) is 9.67. The van der Waals surface area contributed by atoms with Crippen molar-refractivity contribution in [3.05, 3.63) is 65.7 Å². The standard InChI is InChI=1S/C36H44O21/c37-12-21-28(45)33(50)36(15-38,56-21)57-35-32(49)30(47)27(44)23(55-35)14-52-25(42)10-5-17-3-8-20(19(40)11-17)53-34-31(48)29(46)26(43)22(54-34)13-51-24(41)9-4-16-1-6-18(39)7-2-16/h1-11,21-23,26-35,37-40,43-50H,12-15H2/b9-4+,10-5+/t21-,22-,23-,26-,27-,28-,29+,30+,31-,32-,33+,34-,35-,36+/m1/s1. The molecule has 0 aliphatic carbocycles. The zero-order valence-electron chi connectivity index (χ0n) is 29.7. The van der Waals surface area contributed by atoms with Crippen LogP contribution in [0.4, 0.5) is 0 Å². The van der Waals surface area contributed by atoms with Gasteiger partial charge in [0.05, 0.1) is 6.61 Å². The highest BCUT2D eigenvalue weighted by Crippen LogP contribution is 2.36. The first kappa shape index (κ1) is 43.8. The first-order valence-corrected chi connectivity index (χ1v) is 17.4.